The second kappa shape index (κ2) is 4.94. The molecule has 82 valence electrons. The van der Waals surface area contributed by atoms with Crippen molar-refractivity contribution in [2.75, 3.05) is 11.9 Å². The molecule has 1 aromatic rings. The number of rotatable bonds is 4. The Labute approximate surface area is 108 Å². The number of hydrogen-bond donors (Lipinski definition) is 1. The first kappa shape index (κ1) is 11.6. The topological polar surface area (TPSA) is 12.0 Å². The van der Waals surface area contributed by atoms with Gasteiger partial charge in [-0.25, -0.2) is 0 Å². The summed E-state index contributed by atoms with van der Waals surface area (Å²) in [6.07, 6.45) is 3.97. The van der Waals surface area contributed by atoms with Crippen LogP contribution in [0.5, 0.6) is 0 Å². The molecule has 1 aromatic carbocycles. The lowest BCUT2D eigenvalue weighted by Crippen LogP contribution is -2.03. The van der Waals surface area contributed by atoms with E-state index in [1.165, 1.54) is 19.3 Å². The lowest BCUT2D eigenvalue weighted by atomic mass is 10.2. The van der Waals surface area contributed by atoms with E-state index >= 15 is 0 Å². The normalized spacial score (nSPS) is 15.4. The van der Waals surface area contributed by atoms with E-state index in [-0.39, 0.29) is 0 Å². The van der Waals surface area contributed by atoms with Crippen molar-refractivity contribution in [3.63, 3.8) is 0 Å². The van der Waals surface area contributed by atoms with Gasteiger partial charge in [-0.05, 0) is 24.5 Å². The SMILES string of the molecule is Clc1cc(Br)cc(Cl)c1NCCC1CC1. The molecule has 0 heterocycles. The van der Waals surface area contributed by atoms with Gasteiger partial charge in [-0.1, -0.05) is 52.0 Å². The molecule has 1 saturated carbocycles. The highest BCUT2D eigenvalue weighted by Crippen LogP contribution is 2.35. The first-order chi connectivity index (χ1) is 7.16. The smallest absolute Gasteiger partial charge is 0.0719 e. The molecule has 1 aliphatic carbocycles. The molecule has 0 saturated heterocycles. The summed E-state index contributed by atoms with van der Waals surface area (Å²) in [5.41, 5.74) is 0.849. The van der Waals surface area contributed by atoms with Gasteiger partial charge in [-0.2, -0.15) is 0 Å². The van der Waals surface area contributed by atoms with Crippen LogP contribution in [0.25, 0.3) is 0 Å². The maximum atomic E-state index is 6.09. The Morgan fingerprint density at radius 1 is 1.27 bits per heavy atom. The first-order valence-electron chi connectivity index (χ1n) is 5.05. The molecule has 1 fully saturated rings. The van der Waals surface area contributed by atoms with Crippen LogP contribution in [0.1, 0.15) is 19.3 Å². The van der Waals surface area contributed by atoms with Gasteiger partial charge in [-0.15, -0.1) is 0 Å². The van der Waals surface area contributed by atoms with Crippen LogP contribution in [0.2, 0.25) is 10.0 Å². The summed E-state index contributed by atoms with van der Waals surface area (Å²) in [5, 5.41) is 4.64. The van der Waals surface area contributed by atoms with Crippen molar-refractivity contribution >= 4 is 44.8 Å². The van der Waals surface area contributed by atoms with Gasteiger partial charge in [0.1, 0.15) is 0 Å². The average Bonchev–Trinajstić information content (AvgIpc) is 2.93. The molecule has 0 radical (unpaired) electrons. The molecule has 4 heteroatoms. The molecule has 0 amide bonds. The highest BCUT2D eigenvalue weighted by molar-refractivity contribution is 9.10. The predicted molar refractivity (Wildman–Crippen MR) is 70.0 cm³/mol. The van der Waals surface area contributed by atoms with Gasteiger partial charge in [0.15, 0.2) is 0 Å². The highest BCUT2D eigenvalue weighted by Gasteiger charge is 2.20. The maximum Gasteiger partial charge on any atom is 0.0719 e. The van der Waals surface area contributed by atoms with E-state index in [1.807, 2.05) is 12.1 Å². The Bertz CT molecular complexity index is 341. The molecular formula is C11H12BrCl2N. The monoisotopic (exact) mass is 307 g/mol. The van der Waals surface area contributed by atoms with Crippen molar-refractivity contribution in [1.29, 1.82) is 0 Å². The molecule has 1 nitrogen and oxygen atoms in total. The quantitative estimate of drug-likeness (QED) is 0.828. The summed E-state index contributed by atoms with van der Waals surface area (Å²) in [4.78, 5) is 0. The van der Waals surface area contributed by atoms with Gasteiger partial charge in [0.25, 0.3) is 0 Å². The average molecular weight is 309 g/mol. The molecular weight excluding hydrogens is 297 g/mol. The van der Waals surface area contributed by atoms with Gasteiger partial charge >= 0.3 is 0 Å². The van der Waals surface area contributed by atoms with Crippen molar-refractivity contribution in [3.8, 4) is 0 Å². The van der Waals surface area contributed by atoms with Gasteiger partial charge < -0.3 is 5.32 Å². The Morgan fingerprint density at radius 3 is 2.40 bits per heavy atom. The number of hydrogen-bond acceptors (Lipinski definition) is 1. The Morgan fingerprint density at radius 2 is 1.87 bits per heavy atom. The first-order valence-corrected chi connectivity index (χ1v) is 6.60. The second-order valence-electron chi connectivity index (χ2n) is 3.90. The molecule has 0 bridgehead atoms. The van der Waals surface area contributed by atoms with Crippen molar-refractivity contribution in [1.82, 2.24) is 0 Å². The van der Waals surface area contributed by atoms with Gasteiger partial charge in [0.2, 0.25) is 0 Å². The van der Waals surface area contributed by atoms with Crippen LogP contribution in [-0.4, -0.2) is 6.54 Å². The molecule has 1 N–H and O–H groups in total. The minimum atomic E-state index is 0.671. The fourth-order valence-electron chi connectivity index (χ4n) is 1.52. The van der Waals surface area contributed by atoms with Crippen molar-refractivity contribution in [2.45, 2.75) is 19.3 Å². The van der Waals surface area contributed by atoms with Crippen molar-refractivity contribution in [3.05, 3.63) is 26.7 Å². The third kappa shape index (κ3) is 3.27. The van der Waals surface area contributed by atoms with E-state index in [0.29, 0.717) is 10.0 Å². The van der Waals surface area contributed by atoms with E-state index in [4.69, 9.17) is 23.2 Å². The van der Waals surface area contributed by atoms with Crippen LogP contribution in [0.4, 0.5) is 5.69 Å². The summed E-state index contributed by atoms with van der Waals surface area (Å²) < 4.78 is 0.908. The van der Waals surface area contributed by atoms with Crippen LogP contribution in [-0.2, 0) is 0 Å². The van der Waals surface area contributed by atoms with Crippen LogP contribution in [0.3, 0.4) is 0 Å². The molecule has 0 aliphatic heterocycles. The van der Waals surface area contributed by atoms with Crippen molar-refractivity contribution < 1.29 is 0 Å². The zero-order valence-corrected chi connectivity index (χ0v) is 11.3. The zero-order chi connectivity index (χ0) is 10.8. The standard InChI is InChI=1S/C11H12BrCl2N/c12-8-5-9(13)11(10(14)6-8)15-4-3-7-1-2-7/h5-7,15H,1-4H2. The lowest BCUT2D eigenvalue weighted by molar-refractivity contribution is 0.760. The van der Waals surface area contributed by atoms with Crippen LogP contribution < -0.4 is 5.32 Å². The highest BCUT2D eigenvalue weighted by atomic mass is 79.9. The summed E-state index contributed by atoms with van der Waals surface area (Å²) in [6, 6.07) is 3.71. The van der Waals surface area contributed by atoms with E-state index < -0.39 is 0 Å². The van der Waals surface area contributed by atoms with Gasteiger partial charge in [0.05, 0.1) is 15.7 Å². The zero-order valence-electron chi connectivity index (χ0n) is 8.19. The predicted octanol–water partition coefficient (Wildman–Crippen LogP) is 4.97. The Kier molecular flexibility index (Phi) is 3.81. The van der Waals surface area contributed by atoms with Gasteiger partial charge in [-0.3, -0.25) is 0 Å². The fraction of sp³-hybridized carbons (Fsp3) is 0.455. The van der Waals surface area contributed by atoms with Crippen LogP contribution in [0, 0.1) is 5.92 Å². The number of halogens is 3. The summed E-state index contributed by atoms with van der Waals surface area (Å²) in [5.74, 6) is 0.922. The Balaban J connectivity index is 1.99. The number of nitrogens with one attached hydrogen (secondary N) is 1. The van der Waals surface area contributed by atoms with E-state index in [1.54, 1.807) is 0 Å². The van der Waals surface area contributed by atoms with E-state index in [9.17, 15) is 0 Å². The van der Waals surface area contributed by atoms with E-state index in [0.717, 1.165) is 22.6 Å². The summed E-state index contributed by atoms with van der Waals surface area (Å²) in [7, 11) is 0. The van der Waals surface area contributed by atoms with Gasteiger partial charge in [0, 0.05) is 11.0 Å². The van der Waals surface area contributed by atoms with E-state index in [2.05, 4.69) is 21.2 Å². The molecule has 0 spiro atoms. The second-order valence-corrected chi connectivity index (χ2v) is 5.63. The number of benzene rings is 1. The number of anilines is 1. The van der Waals surface area contributed by atoms with Crippen LogP contribution >= 0.6 is 39.1 Å². The fourth-order valence-corrected chi connectivity index (χ4v) is 2.86. The minimum absolute atomic E-state index is 0.671. The summed E-state index contributed by atoms with van der Waals surface area (Å²) in [6.45, 7) is 0.950. The van der Waals surface area contributed by atoms with Crippen molar-refractivity contribution in [2.24, 2.45) is 5.92 Å². The molecule has 0 aromatic heterocycles. The summed E-state index contributed by atoms with van der Waals surface area (Å²) >= 11 is 15.5. The lowest BCUT2D eigenvalue weighted by Gasteiger charge is -2.10. The maximum absolute atomic E-state index is 6.09. The minimum Gasteiger partial charge on any atom is -0.383 e. The molecule has 15 heavy (non-hydrogen) atoms. The van der Waals surface area contributed by atoms with Crippen LogP contribution in [0.15, 0.2) is 16.6 Å². The molecule has 0 unspecified atom stereocenters. The third-order valence-corrected chi connectivity index (χ3v) is 3.61. The third-order valence-electron chi connectivity index (χ3n) is 2.56. The largest absolute Gasteiger partial charge is 0.383 e. The Hall–Kier alpha value is 0.0800. The molecule has 2 rings (SSSR count). The molecule has 1 aliphatic rings. The molecule has 0 atom stereocenters.